The summed E-state index contributed by atoms with van der Waals surface area (Å²) >= 11 is 0. The lowest BCUT2D eigenvalue weighted by Crippen LogP contribution is -2.34. The summed E-state index contributed by atoms with van der Waals surface area (Å²) in [5, 5.41) is 19.6. The number of nitrogens with one attached hydrogen (secondary N) is 1. The first-order valence-corrected chi connectivity index (χ1v) is 8.40. The van der Waals surface area contributed by atoms with Crippen LogP contribution in [0.1, 0.15) is 22.8 Å². The van der Waals surface area contributed by atoms with E-state index in [1.807, 2.05) is 13.0 Å². The van der Waals surface area contributed by atoms with E-state index in [2.05, 4.69) is 15.6 Å². The molecule has 0 saturated carbocycles. The third kappa shape index (κ3) is 3.93. The third-order valence-corrected chi connectivity index (χ3v) is 4.09. The minimum absolute atomic E-state index is 0.0987. The fourth-order valence-corrected chi connectivity index (χ4v) is 2.67. The Morgan fingerprint density at radius 1 is 1.22 bits per heavy atom. The van der Waals surface area contributed by atoms with Crippen molar-refractivity contribution in [1.82, 2.24) is 19.9 Å². The maximum Gasteiger partial charge on any atom is 0.254 e. The van der Waals surface area contributed by atoms with Crippen LogP contribution in [0, 0.1) is 11.3 Å². The first-order chi connectivity index (χ1) is 13.0. The van der Waals surface area contributed by atoms with Crippen molar-refractivity contribution in [2.45, 2.75) is 13.5 Å². The van der Waals surface area contributed by atoms with Crippen LogP contribution in [-0.2, 0) is 11.3 Å². The number of amides is 2. The number of anilines is 1. The van der Waals surface area contributed by atoms with Gasteiger partial charge in [0.1, 0.15) is 5.52 Å². The zero-order valence-electron chi connectivity index (χ0n) is 15.0. The molecule has 2 aromatic carbocycles. The van der Waals surface area contributed by atoms with Crippen molar-refractivity contribution in [1.29, 1.82) is 5.26 Å². The molecule has 0 unspecified atom stereocenters. The number of benzene rings is 2. The van der Waals surface area contributed by atoms with Crippen molar-refractivity contribution in [3.63, 3.8) is 0 Å². The van der Waals surface area contributed by atoms with E-state index in [0.29, 0.717) is 28.9 Å². The molecule has 0 aliphatic carbocycles. The minimum atomic E-state index is -0.325. The number of aromatic nitrogens is 3. The number of carbonyl (C=O) groups is 2. The lowest BCUT2D eigenvalue weighted by molar-refractivity contribution is -0.116. The first kappa shape index (κ1) is 18.1. The van der Waals surface area contributed by atoms with Crippen LogP contribution in [0.25, 0.3) is 11.0 Å². The molecule has 3 rings (SSSR count). The van der Waals surface area contributed by atoms with Crippen LogP contribution in [0.15, 0.2) is 42.5 Å². The molecular formula is C19H18N6O2. The van der Waals surface area contributed by atoms with Gasteiger partial charge in [0.2, 0.25) is 5.91 Å². The number of rotatable bonds is 5. The number of likely N-dealkylation sites (N-methyl/N-ethyl adjacent to an activating group) is 1. The highest BCUT2D eigenvalue weighted by molar-refractivity contribution is 6.00. The van der Waals surface area contributed by atoms with E-state index in [4.69, 9.17) is 5.26 Å². The molecule has 3 aromatic rings. The van der Waals surface area contributed by atoms with Gasteiger partial charge in [-0.25, -0.2) is 4.68 Å². The molecule has 0 saturated heterocycles. The van der Waals surface area contributed by atoms with E-state index < -0.39 is 0 Å². The van der Waals surface area contributed by atoms with Gasteiger partial charge in [-0.05, 0) is 49.4 Å². The Labute approximate surface area is 156 Å². The molecule has 1 N–H and O–H groups in total. The predicted octanol–water partition coefficient (Wildman–Crippen LogP) is 2.03. The Hall–Kier alpha value is -3.73. The average Bonchev–Trinajstić information content (AvgIpc) is 3.10. The van der Waals surface area contributed by atoms with Gasteiger partial charge in [0.05, 0.1) is 23.7 Å². The van der Waals surface area contributed by atoms with Crippen LogP contribution >= 0.6 is 0 Å². The Bertz CT molecular complexity index is 1030. The number of aryl methyl sites for hydroxylation is 1. The zero-order chi connectivity index (χ0) is 19.4. The lowest BCUT2D eigenvalue weighted by atomic mass is 10.1. The van der Waals surface area contributed by atoms with Gasteiger partial charge in [-0.3, -0.25) is 9.59 Å². The molecule has 0 atom stereocenters. The van der Waals surface area contributed by atoms with Gasteiger partial charge in [0, 0.05) is 24.8 Å². The van der Waals surface area contributed by atoms with Gasteiger partial charge in [0.25, 0.3) is 5.91 Å². The molecular weight excluding hydrogens is 344 g/mol. The van der Waals surface area contributed by atoms with E-state index in [-0.39, 0.29) is 18.4 Å². The van der Waals surface area contributed by atoms with Crippen LogP contribution < -0.4 is 5.32 Å². The molecule has 0 aliphatic heterocycles. The second kappa shape index (κ2) is 7.66. The molecule has 27 heavy (non-hydrogen) atoms. The summed E-state index contributed by atoms with van der Waals surface area (Å²) in [5.74, 6) is -0.605. The van der Waals surface area contributed by atoms with E-state index in [9.17, 15) is 9.59 Å². The highest BCUT2D eigenvalue weighted by atomic mass is 16.2. The van der Waals surface area contributed by atoms with Gasteiger partial charge in [-0.1, -0.05) is 5.21 Å². The quantitative estimate of drug-likeness (QED) is 0.748. The molecule has 0 bridgehead atoms. The van der Waals surface area contributed by atoms with Gasteiger partial charge in [0.15, 0.2) is 0 Å². The maximum atomic E-state index is 12.6. The Morgan fingerprint density at radius 3 is 2.63 bits per heavy atom. The molecule has 0 fully saturated rings. The van der Waals surface area contributed by atoms with Gasteiger partial charge in [-0.2, -0.15) is 5.26 Å². The summed E-state index contributed by atoms with van der Waals surface area (Å²) in [5.41, 5.74) is 3.01. The highest BCUT2D eigenvalue weighted by Crippen LogP contribution is 2.15. The fraction of sp³-hybridized carbons (Fsp3) is 0.211. The number of nitrogens with zero attached hydrogens (tertiary/aromatic N) is 5. The molecule has 8 heteroatoms. The lowest BCUT2D eigenvalue weighted by Gasteiger charge is -2.17. The Balaban J connectivity index is 1.66. The monoisotopic (exact) mass is 362 g/mol. The minimum Gasteiger partial charge on any atom is -0.332 e. The van der Waals surface area contributed by atoms with Crippen LogP contribution in [0.5, 0.6) is 0 Å². The summed E-state index contributed by atoms with van der Waals surface area (Å²) in [4.78, 5) is 26.1. The summed E-state index contributed by atoms with van der Waals surface area (Å²) in [6, 6.07) is 13.7. The van der Waals surface area contributed by atoms with Crippen molar-refractivity contribution in [3.05, 3.63) is 53.6 Å². The van der Waals surface area contributed by atoms with Gasteiger partial charge < -0.3 is 10.2 Å². The second-order valence-corrected chi connectivity index (χ2v) is 6.01. The second-order valence-electron chi connectivity index (χ2n) is 6.01. The fourth-order valence-electron chi connectivity index (χ4n) is 2.67. The summed E-state index contributed by atoms with van der Waals surface area (Å²) < 4.78 is 1.75. The highest BCUT2D eigenvalue weighted by Gasteiger charge is 2.16. The standard InChI is InChI=1S/C19H18N6O2/c1-3-25-17-9-6-14(10-16(17)22-23-25)19(27)24(2)12-18(26)21-15-7-4-13(11-20)5-8-15/h4-10H,3,12H2,1-2H3,(H,21,26). The largest absolute Gasteiger partial charge is 0.332 e. The molecule has 8 nitrogen and oxygen atoms in total. The maximum absolute atomic E-state index is 12.6. The summed E-state index contributed by atoms with van der Waals surface area (Å²) in [6.45, 7) is 2.56. The van der Waals surface area contributed by atoms with Crippen LogP contribution in [0.4, 0.5) is 5.69 Å². The summed E-state index contributed by atoms with van der Waals surface area (Å²) in [6.07, 6.45) is 0. The third-order valence-electron chi connectivity index (χ3n) is 4.09. The summed E-state index contributed by atoms with van der Waals surface area (Å²) in [7, 11) is 1.56. The molecule has 2 amide bonds. The number of carbonyl (C=O) groups excluding carboxylic acids is 2. The van der Waals surface area contributed by atoms with E-state index >= 15 is 0 Å². The van der Waals surface area contributed by atoms with E-state index in [0.717, 1.165) is 5.52 Å². The van der Waals surface area contributed by atoms with Crippen LogP contribution in [0.3, 0.4) is 0 Å². The number of nitriles is 1. The topological polar surface area (TPSA) is 104 Å². The molecule has 0 radical (unpaired) electrons. The average molecular weight is 362 g/mol. The predicted molar refractivity (Wildman–Crippen MR) is 99.9 cm³/mol. The molecule has 1 aromatic heterocycles. The molecule has 0 spiro atoms. The SMILES string of the molecule is CCn1nnc2cc(C(=O)N(C)CC(=O)Nc3ccc(C#N)cc3)ccc21. The Kier molecular flexibility index (Phi) is 5.13. The number of fused-ring (bicyclic) bond motifs is 1. The zero-order valence-corrected chi connectivity index (χ0v) is 15.0. The smallest absolute Gasteiger partial charge is 0.254 e. The van der Waals surface area contributed by atoms with Crippen molar-refractivity contribution in [3.8, 4) is 6.07 Å². The van der Waals surface area contributed by atoms with Gasteiger partial charge in [-0.15, -0.1) is 5.10 Å². The van der Waals surface area contributed by atoms with Crippen molar-refractivity contribution < 1.29 is 9.59 Å². The van der Waals surface area contributed by atoms with Crippen molar-refractivity contribution in [2.75, 3.05) is 18.9 Å². The molecule has 1 heterocycles. The van der Waals surface area contributed by atoms with E-state index in [1.54, 1.807) is 54.2 Å². The number of hydrogen-bond acceptors (Lipinski definition) is 5. The molecule has 136 valence electrons. The normalized spacial score (nSPS) is 10.4. The van der Waals surface area contributed by atoms with E-state index in [1.165, 1.54) is 4.90 Å². The number of hydrogen-bond donors (Lipinski definition) is 1. The first-order valence-electron chi connectivity index (χ1n) is 8.40. The molecule has 0 aliphatic rings. The van der Waals surface area contributed by atoms with Crippen molar-refractivity contribution >= 4 is 28.5 Å². The van der Waals surface area contributed by atoms with Crippen LogP contribution in [0.2, 0.25) is 0 Å². The Morgan fingerprint density at radius 2 is 1.96 bits per heavy atom. The van der Waals surface area contributed by atoms with Gasteiger partial charge >= 0.3 is 0 Å². The van der Waals surface area contributed by atoms with Crippen LogP contribution in [-0.4, -0.2) is 45.3 Å². The van der Waals surface area contributed by atoms with Crippen molar-refractivity contribution in [2.24, 2.45) is 0 Å².